The van der Waals surface area contributed by atoms with Crippen LogP contribution in [0, 0.1) is 0 Å². The third kappa shape index (κ3) is 5.42. The van der Waals surface area contributed by atoms with Crippen molar-refractivity contribution in [1.82, 2.24) is 15.3 Å². The maximum Gasteiger partial charge on any atom is 0.405 e. The molecule has 1 aromatic carbocycles. The lowest BCUT2D eigenvalue weighted by atomic mass is 9.93. The van der Waals surface area contributed by atoms with E-state index in [9.17, 15) is 4.79 Å². The summed E-state index contributed by atoms with van der Waals surface area (Å²) in [5.41, 5.74) is 0.922. The zero-order chi connectivity index (χ0) is 18.3. The summed E-state index contributed by atoms with van der Waals surface area (Å²) in [6.45, 7) is 4.79. The number of carboxylic acid groups (broad SMARTS) is 1. The van der Waals surface area contributed by atoms with Crippen LogP contribution in [0.4, 0.5) is 4.79 Å². The van der Waals surface area contributed by atoms with Crippen LogP contribution in [0.1, 0.15) is 25.8 Å². The lowest BCUT2D eigenvalue weighted by molar-refractivity contribution is 0.172. The highest BCUT2D eigenvalue weighted by atomic mass is 16.5. The lowest BCUT2D eigenvalue weighted by Gasteiger charge is -2.25. The summed E-state index contributed by atoms with van der Waals surface area (Å²) in [6.07, 6.45) is 2.98. The fourth-order valence-corrected chi connectivity index (χ4v) is 2.32. The fourth-order valence-electron chi connectivity index (χ4n) is 2.32. The predicted octanol–water partition coefficient (Wildman–Crippen LogP) is 3.06. The molecule has 0 aliphatic rings. The Morgan fingerprint density at radius 1 is 1.24 bits per heavy atom. The summed E-state index contributed by atoms with van der Waals surface area (Å²) < 4.78 is 10.5. The molecule has 25 heavy (non-hydrogen) atoms. The van der Waals surface area contributed by atoms with Crippen molar-refractivity contribution in [3.8, 4) is 17.1 Å². The first-order valence-corrected chi connectivity index (χ1v) is 7.98. The molecule has 0 radical (unpaired) electrons. The number of nitrogens with zero attached hydrogens (tertiary/aromatic N) is 2. The molecule has 7 heteroatoms. The van der Waals surface area contributed by atoms with Crippen molar-refractivity contribution < 1.29 is 19.4 Å². The molecule has 1 heterocycles. The van der Waals surface area contributed by atoms with E-state index in [4.69, 9.17) is 14.6 Å². The Morgan fingerprint density at radius 3 is 2.60 bits per heavy atom. The van der Waals surface area contributed by atoms with E-state index in [1.54, 1.807) is 33.4 Å². The fraction of sp³-hybridized carbons (Fsp3) is 0.389. The quantitative estimate of drug-likeness (QED) is 0.714. The van der Waals surface area contributed by atoms with Gasteiger partial charge in [0.2, 0.25) is 0 Å². The monoisotopic (exact) mass is 345 g/mol. The van der Waals surface area contributed by atoms with Gasteiger partial charge in [0.05, 0.1) is 24.5 Å². The van der Waals surface area contributed by atoms with Crippen molar-refractivity contribution in [2.45, 2.75) is 25.8 Å². The Balaban J connectivity index is 2.11. The van der Waals surface area contributed by atoms with Gasteiger partial charge in [-0.3, -0.25) is 0 Å². The van der Waals surface area contributed by atoms with Gasteiger partial charge in [-0.1, -0.05) is 18.2 Å². The Kier molecular flexibility index (Phi) is 6.30. The van der Waals surface area contributed by atoms with Crippen LogP contribution in [0.2, 0.25) is 0 Å². The number of methoxy groups -OCH3 is 1. The van der Waals surface area contributed by atoms with Crippen LogP contribution >= 0.6 is 0 Å². The molecule has 1 amide bonds. The molecule has 0 saturated heterocycles. The van der Waals surface area contributed by atoms with Crippen LogP contribution in [-0.4, -0.2) is 41.5 Å². The molecule has 2 aromatic rings. The normalized spacial score (nSPS) is 11.2. The molecule has 0 fully saturated rings. The molecular weight excluding hydrogens is 322 g/mol. The number of hydrogen-bond acceptors (Lipinski definition) is 5. The molecule has 0 aliphatic carbocycles. The van der Waals surface area contributed by atoms with Crippen molar-refractivity contribution in [1.29, 1.82) is 0 Å². The second-order valence-electron chi connectivity index (χ2n) is 6.07. The highest BCUT2D eigenvalue weighted by Gasteiger charge is 2.23. The average Bonchev–Trinajstić information content (AvgIpc) is 2.58. The molecular formula is C18H23N3O4. The summed E-state index contributed by atoms with van der Waals surface area (Å²) in [5, 5.41) is 11.5. The van der Waals surface area contributed by atoms with Gasteiger partial charge in [-0.15, -0.1) is 0 Å². The lowest BCUT2D eigenvalue weighted by Crippen LogP contribution is -2.40. The van der Waals surface area contributed by atoms with E-state index >= 15 is 0 Å². The molecule has 0 unspecified atom stereocenters. The Hall–Kier alpha value is -2.67. The maximum absolute atomic E-state index is 11.0. The molecule has 134 valence electrons. The van der Waals surface area contributed by atoms with E-state index < -0.39 is 11.6 Å². The van der Waals surface area contributed by atoms with Gasteiger partial charge >= 0.3 is 6.09 Å². The molecule has 2 N–H and O–H groups in total. The standard InChI is InChI=1S/C18H23N3O4/c1-18(2,21-17(22)23)14-7-4-6-13(10-14)16-19-11-15(12-20-16)25-9-5-8-24-3/h4,6-7,10-12,21H,5,8-9H2,1-3H3,(H,22,23). The molecule has 0 bridgehead atoms. The van der Waals surface area contributed by atoms with E-state index in [2.05, 4.69) is 15.3 Å². The van der Waals surface area contributed by atoms with Crippen LogP contribution in [-0.2, 0) is 10.3 Å². The van der Waals surface area contributed by atoms with Crippen LogP contribution < -0.4 is 10.1 Å². The highest BCUT2D eigenvalue weighted by Crippen LogP contribution is 2.25. The molecule has 0 spiro atoms. The number of amides is 1. The minimum absolute atomic E-state index is 0.543. The Morgan fingerprint density at radius 2 is 1.96 bits per heavy atom. The number of ether oxygens (including phenoxy) is 2. The number of benzene rings is 1. The van der Waals surface area contributed by atoms with Crippen LogP contribution in [0.3, 0.4) is 0 Å². The summed E-state index contributed by atoms with van der Waals surface area (Å²) in [6, 6.07) is 7.49. The first-order valence-electron chi connectivity index (χ1n) is 7.98. The highest BCUT2D eigenvalue weighted by molar-refractivity contribution is 5.66. The summed E-state index contributed by atoms with van der Waals surface area (Å²) in [5.74, 6) is 1.15. The van der Waals surface area contributed by atoms with Gasteiger partial charge in [-0.25, -0.2) is 14.8 Å². The van der Waals surface area contributed by atoms with Gasteiger partial charge in [0.15, 0.2) is 11.6 Å². The van der Waals surface area contributed by atoms with Crippen LogP contribution in [0.15, 0.2) is 36.7 Å². The molecule has 2 rings (SSSR count). The third-order valence-electron chi connectivity index (χ3n) is 3.65. The molecule has 0 aliphatic heterocycles. The number of carbonyl (C=O) groups is 1. The van der Waals surface area contributed by atoms with Gasteiger partial charge in [0, 0.05) is 25.7 Å². The van der Waals surface area contributed by atoms with Crippen LogP contribution in [0.25, 0.3) is 11.4 Å². The minimum atomic E-state index is -1.07. The first-order chi connectivity index (χ1) is 11.9. The maximum atomic E-state index is 11.0. The van der Waals surface area contributed by atoms with E-state index in [-0.39, 0.29) is 0 Å². The molecule has 0 atom stereocenters. The number of aromatic nitrogens is 2. The first kappa shape index (κ1) is 18.7. The van der Waals surface area contributed by atoms with Crippen molar-refractivity contribution in [3.63, 3.8) is 0 Å². The van der Waals surface area contributed by atoms with Crippen LogP contribution in [0.5, 0.6) is 5.75 Å². The minimum Gasteiger partial charge on any atom is -0.490 e. The van der Waals surface area contributed by atoms with Gasteiger partial charge in [-0.2, -0.15) is 0 Å². The van der Waals surface area contributed by atoms with E-state index in [1.807, 2.05) is 24.3 Å². The second kappa shape index (κ2) is 8.43. The summed E-state index contributed by atoms with van der Waals surface area (Å²) in [7, 11) is 1.65. The van der Waals surface area contributed by atoms with Gasteiger partial charge in [-0.05, 0) is 25.5 Å². The van der Waals surface area contributed by atoms with Gasteiger partial charge in [0.1, 0.15) is 0 Å². The van der Waals surface area contributed by atoms with Gasteiger partial charge < -0.3 is 19.9 Å². The molecule has 1 aromatic heterocycles. The average molecular weight is 345 g/mol. The van der Waals surface area contributed by atoms with E-state index in [0.717, 1.165) is 17.5 Å². The van der Waals surface area contributed by atoms with Crippen molar-refractivity contribution in [2.75, 3.05) is 20.3 Å². The predicted molar refractivity (Wildman–Crippen MR) is 93.6 cm³/mol. The van der Waals surface area contributed by atoms with Crippen molar-refractivity contribution in [3.05, 3.63) is 42.2 Å². The second-order valence-corrected chi connectivity index (χ2v) is 6.07. The van der Waals surface area contributed by atoms with Gasteiger partial charge in [0.25, 0.3) is 0 Å². The Bertz CT molecular complexity index is 702. The van der Waals surface area contributed by atoms with Crippen molar-refractivity contribution >= 4 is 6.09 Å². The molecule has 0 saturated carbocycles. The number of rotatable bonds is 8. The third-order valence-corrected chi connectivity index (χ3v) is 3.65. The zero-order valence-electron chi connectivity index (χ0n) is 14.7. The van der Waals surface area contributed by atoms with E-state index in [0.29, 0.717) is 24.8 Å². The number of hydrogen-bond donors (Lipinski definition) is 2. The molecule has 7 nitrogen and oxygen atoms in total. The number of nitrogens with one attached hydrogen (secondary N) is 1. The Labute approximate surface area is 147 Å². The summed E-state index contributed by atoms with van der Waals surface area (Å²) in [4.78, 5) is 19.6. The topological polar surface area (TPSA) is 93.6 Å². The zero-order valence-corrected chi connectivity index (χ0v) is 14.7. The van der Waals surface area contributed by atoms with Crippen molar-refractivity contribution in [2.24, 2.45) is 0 Å². The smallest absolute Gasteiger partial charge is 0.405 e. The SMILES string of the molecule is COCCCOc1cnc(-c2cccc(C(C)(C)NC(=O)O)c2)nc1. The largest absolute Gasteiger partial charge is 0.490 e. The van der Waals surface area contributed by atoms with E-state index in [1.165, 1.54) is 0 Å². The summed E-state index contributed by atoms with van der Waals surface area (Å²) >= 11 is 0.